The van der Waals surface area contributed by atoms with Crippen molar-refractivity contribution < 1.29 is 4.79 Å². The fraction of sp³-hybridized carbons (Fsp3) is 0.400. The molecule has 20 heavy (non-hydrogen) atoms. The molecule has 0 radical (unpaired) electrons. The molecule has 0 aliphatic carbocycles. The SMILES string of the molecule is CCCCCNC(=O)Cc1nc2ccccc2nc1Cl. The summed E-state index contributed by atoms with van der Waals surface area (Å²) in [5.41, 5.74) is 2.02. The van der Waals surface area contributed by atoms with E-state index in [0.29, 0.717) is 17.4 Å². The molecule has 0 bridgehead atoms. The first-order valence-electron chi connectivity index (χ1n) is 6.88. The summed E-state index contributed by atoms with van der Waals surface area (Å²) in [5, 5.41) is 3.17. The summed E-state index contributed by atoms with van der Waals surface area (Å²) < 4.78 is 0. The summed E-state index contributed by atoms with van der Waals surface area (Å²) in [6.45, 7) is 2.83. The van der Waals surface area contributed by atoms with Crippen LogP contribution in [0.4, 0.5) is 0 Å². The molecule has 0 aliphatic heterocycles. The van der Waals surface area contributed by atoms with Gasteiger partial charge >= 0.3 is 0 Å². The molecule has 1 N–H and O–H groups in total. The fourth-order valence-corrected chi connectivity index (χ4v) is 2.15. The molecule has 106 valence electrons. The van der Waals surface area contributed by atoms with Gasteiger partial charge in [0.25, 0.3) is 0 Å². The van der Waals surface area contributed by atoms with Crippen LogP contribution < -0.4 is 5.32 Å². The molecular formula is C15H18ClN3O. The second-order valence-electron chi connectivity index (χ2n) is 4.68. The predicted molar refractivity (Wildman–Crippen MR) is 80.8 cm³/mol. The van der Waals surface area contributed by atoms with E-state index in [1.807, 2.05) is 24.3 Å². The van der Waals surface area contributed by atoms with Gasteiger partial charge in [0.1, 0.15) is 0 Å². The average molecular weight is 292 g/mol. The topological polar surface area (TPSA) is 54.9 Å². The molecule has 0 aliphatic rings. The molecule has 0 unspecified atom stereocenters. The number of aromatic nitrogens is 2. The maximum Gasteiger partial charge on any atom is 0.226 e. The smallest absolute Gasteiger partial charge is 0.226 e. The monoisotopic (exact) mass is 291 g/mol. The molecule has 0 atom stereocenters. The molecule has 0 saturated carbocycles. The number of benzene rings is 1. The summed E-state index contributed by atoms with van der Waals surface area (Å²) in [4.78, 5) is 20.5. The van der Waals surface area contributed by atoms with Gasteiger partial charge in [0.2, 0.25) is 5.91 Å². The van der Waals surface area contributed by atoms with Gasteiger partial charge in [-0.25, -0.2) is 9.97 Å². The van der Waals surface area contributed by atoms with E-state index in [2.05, 4.69) is 22.2 Å². The van der Waals surface area contributed by atoms with Crippen molar-refractivity contribution in [2.45, 2.75) is 32.6 Å². The molecule has 4 nitrogen and oxygen atoms in total. The normalized spacial score (nSPS) is 10.7. The summed E-state index contributed by atoms with van der Waals surface area (Å²) in [5.74, 6) is -0.0624. The van der Waals surface area contributed by atoms with E-state index in [-0.39, 0.29) is 12.3 Å². The molecule has 1 aromatic heterocycles. The van der Waals surface area contributed by atoms with E-state index >= 15 is 0 Å². The number of hydrogen-bond acceptors (Lipinski definition) is 3. The quantitative estimate of drug-likeness (QED) is 0.832. The van der Waals surface area contributed by atoms with Crippen molar-refractivity contribution in [2.24, 2.45) is 0 Å². The zero-order chi connectivity index (χ0) is 14.4. The van der Waals surface area contributed by atoms with Gasteiger partial charge < -0.3 is 5.32 Å². The molecule has 2 rings (SSSR count). The first kappa shape index (κ1) is 14.7. The predicted octanol–water partition coefficient (Wildman–Crippen LogP) is 3.13. The van der Waals surface area contributed by atoms with Crippen molar-refractivity contribution in [3.8, 4) is 0 Å². The van der Waals surface area contributed by atoms with Crippen LogP contribution in [0.1, 0.15) is 31.9 Å². The van der Waals surface area contributed by atoms with E-state index in [1.165, 1.54) is 0 Å². The standard InChI is InChI=1S/C15H18ClN3O/c1-2-3-6-9-17-14(20)10-13-15(16)19-12-8-5-4-7-11(12)18-13/h4-5,7-8H,2-3,6,9-10H2,1H3,(H,17,20). The zero-order valence-corrected chi connectivity index (χ0v) is 12.3. The van der Waals surface area contributed by atoms with Crippen LogP contribution in [0, 0.1) is 0 Å². The van der Waals surface area contributed by atoms with E-state index in [1.54, 1.807) is 0 Å². The molecule has 0 spiro atoms. The number of nitrogens with zero attached hydrogens (tertiary/aromatic N) is 2. The lowest BCUT2D eigenvalue weighted by Crippen LogP contribution is -2.26. The molecule has 1 heterocycles. The Morgan fingerprint density at radius 2 is 1.90 bits per heavy atom. The third kappa shape index (κ3) is 3.90. The number of rotatable bonds is 6. The second-order valence-corrected chi connectivity index (χ2v) is 5.04. The maximum absolute atomic E-state index is 11.8. The van der Waals surface area contributed by atoms with Crippen LogP contribution in [0.3, 0.4) is 0 Å². The highest BCUT2D eigenvalue weighted by Gasteiger charge is 2.11. The average Bonchev–Trinajstić information content (AvgIpc) is 2.44. The summed E-state index contributed by atoms with van der Waals surface area (Å²) in [7, 11) is 0. The number of para-hydroxylation sites is 2. The lowest BCUT2D eigenvalue weighted by atomic mass is 10.2. The minimum absolute atomic E-state index is 0.0624. The lowest BCUT2D eigenvalue weighted by molar-refractivity contribution is -0.120. The molecule has 1 amide bonds. The highest BCUT2D eigenvalue weighted by molar-refractivity contribution is 6.30. The third-order valence-corrected chi connectivity index (χ3v) is 3.33. The number of nitrogens with one attached hydrogen (secondary N) is 1. The van der Waals surface area contributed by atoms with Crippen molar-refractivity contribution in [3.63, 3.8) is 0 Å². The van der Waals surface area contributed by atoms with Crippen LogP contribution in [0.5, 0.6) is 0 Å². The Morgan fingerprint density at radius 3 is 2.60 bits per heavy atom. The minimum atomic E-state index is -0.0624. The van der Waals surface area contributed by atoms with Crippen LogP contribution in [0.15, 0.2) is 24.3 Å². The molecule has 5 heteroatoms. The molecule has 1 aromatic carbocycles. The van der Waals surface area contributed by atoms with Crippen LogP contribution >= 0.6 is 11.6 Å². The fourth-order valence-electron chi connectivity index (χ4n) is 1.94. The van der Waals surface area contributed by atoms with E-state index in [9.17, 15) is 4.79 Å². The number of carbonyl (C=O) groups is 1. The van der Waals surface area contributed by atoms with E-state index in [0.717, 1.165) is 30.3 Å². The van der Waals surface area contributed by atoms with E-state index < -0.39 is 0 Å². The number of hydrogen-bond donors (Lipinski definition) is 1. The summed E-state index contributed by atoms with van der Waals surface area (Å²) >= 11 is 6.08. The number of unbranched alkanes of at least 4 members (excludes halogenated alkanes) is 2. The van der Waals surface area contributed by atoms with Crippen LogP contribution in [-0.2, 0) is 11.2 Å². The summed E-state index contributed by atoms with van der Waals surface area (Å²) in [6.07, 6.45) is 3.43. The van der Waals surface area contributed by atoms with Crippen molar-refractivity contribution in [2.75, 3.05) is 6.54 Å². The van der Waals surface area contributed by atoms with Gasteiger partial charge in [-0.3, -0.25) is 4.79 Å². The lowest BCUT2D eigenvalue weighted by Gasteiger charge is -2.06. The van der Waals surface area contributed by atoms with Gasteiger partial charge in [-0.2, -0.15) is 0 Å². The first-order chi connectivity index (χ1) is 9.70. The largest absolute Gasteiger partial charge is 0.356 e. The highest BCUT2D eigenvalue weighted by atomic mass is 35.5. The van der Waals surface area contributed by atoms with Crippen LogP contribution in [0.2, 0.25) is 5.15 Å². The Labute approximate surface area is 123 Å². The van der Waals surface area contributed by atoms with Gasteiger partial charge in [-0.1, -0.05) is 43.5 Å². The Morgan fingerprint density at radius 1 is 1.20 bits per heavy atom. The highest BCUT2D eigenvalue weighted by Crippen LogP contribution is 2.17. The Balaban J connectivity index is 2.01. The number of fused-ring (bicyclic) bond motifs is 1. The van der Waals surface area contributed by atoms with Crippen LogP contribution in [-0.4, -0.2) is 22.4 Å². The maximum atomic E-state index is 11.8. The molecule has 0 fully saturated rings. The number of halogens is 1. The molecule has 2 aromatic rings. The van der Waals surface area contributed by atoms with Crippen molar-refractivity contribution in [1.82, 2.24) is 15.3 Å². The number of carbonyl (C=O) groups excluding carboxylic acids is 1. The van der Waals surface area contributed by atoms with Crippen molar-refractivity contribution >= 4 is 28.5 Å². The first-order valence-corrected chi connectivity index (χ1v) is 7.26. The molecule has 0 saturated heterocycles. The zero-order valence-electron chi connectivity index (χ0n) is 11.5. The summed E-state index contributed by atoms with van der Waals surface area (Å²) in [6, 6.07) is 7.48. The Kier molecular flexibility index (Phi) is 5.30. The van der Waals surface area contributed by atoms with Crippen LogP contribution in [0.25, 0.3) is 11.0 Å². The molecular weight excluding hydrogens is 274 g/mol. The minimum Gasteiger partial charge on any atom is -0.356 e. The van der Waals surface area contributed by atoms with Gasteiger partial charge in [0, 0.05) is 6.54 Å². The Bertz CT molecular complexity index is 601. The third-order valence-electron chi connectivity index (χ3n) is 3.02. The van der Waals surface area contributed by atoms with Gasteiger partial charge in [-0.05, 0) is 18.6 Å². The van der Waals surface area contributed by atoms with Crippen molar-refractivity contribution in [3.05, 3.63) is 35.1 Å². The van der Waals surface area contributed by atoms with Gasteiger partial charge in [0.05, 0.1) is 23.1 Å². The number of amides is 1. The Hall–Kier alpha value is -1.68. The van der Waals surface area contributed by atoms with E-state index in [4.69, 9.17) is 11.6 Å². The van der Waals surface area contributed by atoms with Gasteiger partial charge in [0.15, 0.2) is 5.15 Å². The van der Waals surface area contributed by atoms with Gasteiger partial charge in [-0.15, -0.1) is 0 Å². The second kappa shape index (κ2) is 7.20. The van der Waals surface area contributed by atoms with Crippen molar-refractivity contribution in [1.29, 1.82) is 0 Å².